The van der Waals surface area contributed by atoms with E-state index in [1.807, 2.05) is 12.1 Å². The van der Waals surface area contributed by atoms with Gasteiger partial charge in [-0.05, 0) is 17.7 Å². The van der Waals surface area contributed by atoms with Gasteiger partial charge in [0.25, 0.3) is 0 Å². The normalized spacial score (nSPS) is 10.2. The van der Waals surface area contributed by atoms with Crippen LogP contribution in [-0.2, 0) is 18.3 Å². The molecule has 0 aliphatic heterocycles. The van der Waals surface area contributed by atoms with Gasteiger partial charge in [-0.2, -0.15) is 5.10 Å². The number of carbonyl (C=O) groups is 1. The average molecular weight is 230 g/mol. The summed E-state index contributed by atoms with van der Waals surface area (Å²) in [5, 5.41) is 6.75. The van der Waals surface area contributed by atoms with Crippen LogP contribution >= 0.6 is 0 Å². The third-order valence-electron chi connectivity index (χ3n) is 2.33. The lowest BCUT2D eigenvalue weighted by Crippen LogP contribution is -2.13. The van der Waals surface area contributed by atoms with Gasteiger partial charge in [0.1, 0.15) is 0 Å². The number of rotatable bonds is 3. The molecule has 88 valence electrons. The quantitative estimate of drug-likeness (QED) is 0.778. The van der Waals surface area contributed by atoms with Crippen molar-refractivity contribution in [2.24, 2.45) is 7.05 Å². The van der Waals surface area contributed by atoms with Crippen LogP contribution in [0.5, 0.6) is 0 Å². The van der Waals surface area contributed by atoms with Crippen LogP contribution in [0.4, 0.5) is 11.4 Å². The van der Waals surface area contributed by atoms with Gasteiger partial charge in [-0.25, -0.2) is 0 Å². The predicted molar refractivity (Wildman–Crippen MR) is 66.4 cm³/mol. The van der Waals surface area contributed by atoms with Crippen molar-refractivity contribution in [1.82, 2.24) is 9.78 Å². The van der Waals surface area contributed by atoms with Crippen molar-refractivity contribution in [2.45, 2.75) is 6.42 Å². The van der Waals surface area contributed by atoms with Crippen LogP contribution in [-0.4, -0.2) is 15.7 Å². The maximum Gasteiger partial charge on any atom is 0.228 e. The third kappa shape index (κ3) is 3.07. The van der Waals surface area contributed by atoms with Crippen LogP contribution in [0, 0.1) is 0 Å². The molecule has 0 radical (unpaired) electrons. The van der Waals surface area contributed by atoms with Crippen LogP contribution in [0.15, 0.2) is 36.7 Å². The molecular formula is C12H14N4O. The highest BCUT2D eigenvalue weighted by Gasteiger charge is 2.05. The van der Waals surface area contributed by atoms with Crippen molar-refractivity contribution >= 4 is 17.3 Å². The zero-order chi connectivity index (χ0) is 12.3. The van der Waals surface area contributed by atoms with E-state index in [-0.39, 0.29) is 5.91 Å². The Kier molecular flexibility index (Phi) is 3.09. The molecule has 5 nitrogen and oxygen atoms in total. The molecule has 0 spiro atoms. The summed E-state index contributed by atoms with van der Waals surface area (Å²) in [7, 11) is 1.80. The minimum absolute atomic E-state index is 0.0669. The molecule has 2 aromatic rings. The molecular weight excluding hydrogens is 216 g/mol. The van der Waals surface area contributed by atoms with Gasteiger partial charge in [0.15, 0.2) is 0 Å². The maximum atomic E-state index is 11.7. The molecule has 0 aliphatic carbocycles. The van der Waals surface area contributed by atoms with E-state index in [1.165, 1.54) is 0 Å². The van der Waals surface area contributed by atoms with Gasteiger partial charge in [-0.3, -0.25) is 9.48 Å². The van der Waals surface area contributed by atoms with Gasteiger partial charge >= 0.3 is 0 Å². The Morgan fingerprint density at radius 3 is 2.71 bits per heavy atom. The van der Waals surface area contributed by atoms with E-state index in [1.54, 1.807) is 36.3 Å². The summed E-state index contributed by atoms with van der Waals surface area (Å²) >= 11 is 0. The number of amides is 1. The Morgan fingerprint density at radius 2 is 2.12 bits per heavy atom. The van der Waals surface area contributed by atoms with E-state index in [2.05, 4.69) is 10.4 Å². The average Bonchev–Trinajstić information content (AvgIpc) is 2.67. The first kappa shape index (κ1) is 11.2. The molecule has 0 saturated carbocycles. The first-order valence-electron chi connectivity index (χ1n) is 5.26. The van der Waals surface area contributed by atoms with Gasteiger partial charge in [0.2, 0.25) is 5.91 Å². The molecule has 1 amide bonds. The second kappa shape index (κ2) is 4.69. The lowest BCUT2D eigenvalue weighted by atomic mass is 10.1. The van der Waals surface area contributed by atoms with Crippen LogP contribution < -0.4 is 11.1 Å². The van der Waals surface area contributed by atoms with E-state index >= 15 is 0 Å². The highest BCUT2D eigenvalue weighted by molar-refractivity contribution is 5.92. The molecule has 0 bridgehead atoms. The van der Waals surface area contributed by atoms with Gasteiger partial charge in [0, 0.05) is 18.9 Å². The summed E-state index contributed by atoms with van der Waals surface area (Å²) in [4.78, 5) is 11.7. The number of nitrogens with two attached hydrogens (primary N) is 1. The van der Waals surface area contributed by atoms with E-state index in [9.17, 15) is 4.79 Å². The summed E-state index contributed by atoms with van der Waals surface area (Å²) in [6.07, 6.45) is 3.69. The van der Waals surface area contributed by atoms with Crippen molar-refractivity contribution in [3.8, 4) is 0 Å². The fourth-order valence-corrected chi connectivity index (χ4v) is 1.51. The zero-order valence-corrected chi connectivity index (χ0v) is 9.55. The molecule has 5 heteroatoms. The molecule has 1 aromatic carbocycles. The molecule has 0 fully saturated rings. The Labute approximate surface area is 99.2 Å². The van der Waals surface area contributed by atoms with Crippen molar-refractivity contribution < 1.29 is 4.79 Å². The number of benzene rings is 1. The van der Waals surface area contributed by atoms with Gasteiger partial charge < -0.3 is 11.1 Å². The second-order valence-electron chi connectivity index (χ2n) is 3.87. The lowest BCUT2D eigenvalue weighted by Gasteiger charge is -2.02. The first-order chi connectivity index (χ1) is 8.13. The smallest absolute Gasteiger partial charge is 0.228 e. The highest BCUT2D eigenvalue weighted by atomic mass is 16.1. The number of nitrogen functional groups attached to an aromatic ring is 1. The molecule has 3 N–H and O–H groups in total. The summed E-state index contributed by atoms with van der Waals surface area (Å²) in [6, 6.07) is 7.26. The zero-order valence-electron chi connectivity index (χ0n) is 9.55. The van der Waals surface area contributed by atoms with Crippen LogP contribution in [0.1, 0.15) is 5.56 Å². The van der Waals surface area contributed by atoms with E-state index in [0.29, 0.717) is 17.8 Å². The molecule has 0 atom stereocenters. The minimum atomic E-state index is -0.0669. The second-order valence-corrected chi connectivity index (χ2v) is 3.87. The van der Waals surface area contributed by atoms with Crippen LogP contribution in [0.25, 0.3) is 0 Å². The molecule has 0 aliphatic rings. The number of nitrogens with one attached hydrogen (secondary N) is 1. The minimum Gasteiger partial charge on any atom is -0.399 e. The fraction of sp³-hybridized carbons (Fsp3) is 0.167. The molecule has 17 heavy (non-hydrogen) atoms. The molecule has 0 saturated heterocycles. The Morgan fingerprint density at radius 1 is 1.41 bits per heavy atom. The van der Waals surface area contributed by atoms with Crippen molar-refractivity contribution in [1.29, 1.82) is 0 Å². The number of nitrogens with zero attached hydrogens (tertiary/aromatic N) is 2. The molecule has 2 rings (SSSR count). The van der Waals surface area contributed by atoms with Crippen molar-refractivity contribution in [2.75, 3.05) is 11.1 Å². The summed E-state index contributed by atoms with van der Waals surface area (Å²) in [5.41, 5.74) is 7.90. The van der Waals surface area contributed by atoms with Crippen molar-refractivity contribution in [3.05, 3.63) is 42.2 Å². The van der Waals surface area contributed by atoms with Crippen LogP contribution in [0.2, 0.25) is 0 Å². The Bertz CT molecular complexity index is 516. The predicted octanol–water partition coefficient (Wildman–Crippen LogP) is 1.18. The number of hydrogen-bond donors (Lipinski definition) is 2. The molecule has 1 heterocycles. The monoisotopic (exact) mass is 230 g/mol. The lowest BCUT2D eigenvalue weighted by molar-refractivity contribution is -0.115. The number of carbonyl (C=O) groups excluding carboxylic acids is 1. The summed E-state index contributed by atoms with van der Waals surface area (Å²) < 4.78 is 1.64. The third-order valence-corrected chi connectivity index (χ3v) is 2.33. The largest absolute Gasteiger partial charge is 0.399 e. The summed E-state index contributed by atoms with van der Waals surface area (Å²) in [6.45, 7) is 0. The van der Waals surface area contributed by atoms with Gasteiger partial charge in [-0.15, -0.1) is 0 Å². The SMILES string of the molecule is Cn1cc(NC(=O)Cc2ccc(N)cc2)cn1. The van der Waals surface area contributed by atoms with Crippen LogP contribution in [0.3, 0.4) is 0 Å². The van der Waals surface area contributed by atoms with E-state index < -0.39 is 0 Å². The number of anilines is 2. The topological polar surface area (TPSA) is 72.9 Å². The van der Waals surface area contributed by atoms with E-state index in [4.69, 9.17) is 5.73 Å². The van der Waals surface area contributed by atoms with E-state index in [0.717, 1.165) is 5.56 Å². The van der Waals surface area contributed by atoms with Crippen molar-refractivity contribution in [3.63, 3.8) is 0 Å². The number of hydrogen-bond acceptors (Lipinski definition) is 3. The van der Waals surface area contributed by atoms with Gasteiger partial charge in [0.05, 0.1) is 18.3 Å². The highest BCUT2D eigenvalue weighted by Crippen LogP contribution is 2.08. The standard InChI is InChI=1S/C12H14N4O/c1-16-8-11(7-14-16)15-12(17)6-9-2-4-10(13)5-3-9/h2-5,7-8H,6,13H2,1H3,(H,15,17). The Hall–Kier alpha value is -2.30. The molecule has 0 unspecified atom stereocenters. The first-order valence-corrected chi connectivity index (χ1v) is 5.26. The maximum absolute atomic E-state index is 11.7. The number of aromatic nitrogens is 2. The fourth-order valence-electron chi connectivity index (χ4n) is 1.51. The Balaban J connectivity index is 1.95. The molecule has 1 aromatic heterocycles. The number of aryl methyl sites for hydroxylation is 1. The summed E-state index contributed by atoms with van der Waals surface area (Å²) in [5.74, 6) is -0.0669. The van der Waals surface area contributed by atoms with Gasteiger partial charge in [-0.1, -0.05) is 12.1 Å².